The zero-order chi connectivity index (χ0) is 9.97. The first kappa shape index (κ1) is 9.62. The van der Waals surface area contributed by atoms with Gasteiger partial charge in [0.25, 0.3) is 0 Å². The highest BCUT2D eigenvalue weighted by atomic mass is 19.1. The van der Waals surface area contributed by atoms with Gasteiger partial charge in [0, 0.05) is 0 Å². The Morgan fingerprint density at radius 3 is 2.64 bits per heavy atom. The summed E-state index contributed by atoms with van der Waals surface area (Å²) in [7, 11) is 0. The number of aliphatic hydroxyl groups is 1. The average molecular weight is 195 g/mol. The van der Waals surface area contributed by atoms with Crippen LogP contribution in [-0.4, -0.2) is 17.8 Å². The van der Waals surface area contributed by atoms with Gasteiger partial charge in [-0.3, -0.25) is 0 Å². The van der Waals surface area contributed by atoms with Crippen LogP contribution >= 0.6 is 0 Å². The van der Waals surface area contributed by atoms with Gasteiger partial charge in [-0.05, 0) is 37.1 Å². The normalized spacial score (nSPS) is 27.6. The molecule has 1 aliphatic rings. The molecule has 1 fully saturated rings. The van der Waals surface area contributed by atoms with E-state index in [-0.39, 0.29) is 18.0 Å². The van der Waals surface area contributed by atoms with E-state index in [0.29, 0.717) is 0 Å². The molecule has 2 N–H and O–H groups in total. The van der Waals surface area contributed by atoms with E-state index in [9.17, 15) is 9.50 Å². The largest absolute Gasteiger partial charge is 0.391 e. The number of nitrogens with one attached hydrogen (secondary N) is 1. The van der Waals surface area contributed by atoms with Gasteiger partial charge in [-0.25, -0.2) is 4.39 Å². The number of piperidine rings is 1. The molecule has 1 heterocycles. The highest BCUT2D eigenvalue weighted by Gasteiger charge is 2.23. The standard InChI is InChI=1S/C11H14FNO/c12-9-5-3-8(4-6-9)11-10(14)2-1-7-13-11/h3-6,10-11,13-14H,1-2,7H2. The van der Waals surface area contributed by atoms with Crippen LogP contribution in [0.1, 0.15) is 24.4 Å². The second-order valence-corrected chi connectivity index (χ2v) is 3.69. The highest BCUT2D eigenvalue weighted by Crippen LogP contribution is 2.23. The summed E-state index contributed by atoms with van der Waals surface area (Å²) in [5.74, 6) is -0.237. The van der Waals surface area contributed by atoms with Gasteiger partial charge in [0.05, 0.1) is 12.1 Å². The van der Waals surface area contributed by atoms with Gasteiger partial charge >= 0.3 is 0 Å². The van der Waals surface area contributed by atoms with Crippen LogP contribution in [0.15, 0.2) is 24.3 Å². The molecule has 1 aliphatic heterocycles. The summed E-state index contributed by atoms with van der Waals surface area (Å²) in [5.41, 5.74) is 0.957. The summed E-state index contributed by atoms with van der Waals surface area (Å²) in [4.78, 5) is 0. The highest BCUT2D eigenvalue weighted by molar-refractivity contribution is 5.21. The molecule has 1 aromatic carbocycles. The first-order valence-corrected chi connectivity index (χ1v) is 4.94. The fourth-order valence-electron chi connectivity index (χ4n) is 1.88. The molecular weight excluding hydrogens is 181 g/mol. The van der Waals surface area contributed by atoms with E-state index in [1.807, 2.05) is 0 Å². The molecule has 2 unspecified atom stereocenters. The fraction of sp³-hybridized carbons (Fsp3) is 0.455. The Labute approximate surface area is 82.8 Å². The van der Waals surface area contributed by atoms with Crippen molar-refractivity contribution < 1.29 is 9.50 Å². The third-order valence-corrected chi connectivity index (χ3v) is 2.65. The Balaban J connectivity index is 2.16. The SMILES string of the molecule is OC1CCCNC1c1ccc(F)cc1. The number of rotatable bonds is 1. The van der Waals surface area contributed by atoms with Gasteiger partial charge in [0.15, 0.2) is 0 Å². The fourth-order valence-corrected chi connectivity index (χ4v) is 1.88. The molecule has 0 aliphatic carbocycles. The van der Waals surface area contributed by atoms with Crippen molar-refractivity contribution in [3.8, 4) is 0 Å². The summed E-state index contributed by atoms with van der Waals surface area (Å²) >= 11 is 0. The van der Waals surface area contributed by atoms with E-state index in [1.54, 1.807) is 12.1 Å². The third kappa shape index (κ3) is 1.94. The van der Waals surface area contributed by atoms with Crippen LogP contribution in [0, 0.1) is 5.82 Å². The topological polar surface area (TPSA) is 32.3 Å². The Bertz CT molecular complexity index is 299. The zero-order valence-corrected chi connectivity index (χ0v) is 7.91. The van der Waals surface area contributed by atoms with Crippen molar-refractivity contribution in [2.45, 2.75) is 25.0 Å². The Kier molecular flexibility index (Phi) is 2.79. The Morgan fingerprint density at radius 1 is 1.29 bits per heavy atom. The molecule has 1 saturated heterocycles. The van der Waals surface area contributed by atoms with Crippen LogP contribution in [0.5, 0.6) is 0 Å². The maximum atomic E-state index is 12.7. The molecule has 0 aromatic heterocycles. The molecule has 0 radical (unpaired) electrons. The monoisotopic (exact) mass is 195 g/mol. The van der Waals surface area contributed by atoms with Gasteiger partial charge in [0.1, 0.15) is 5.82 Å². The minimum Gasteiger partial charge on any atom is -0.391 e. The molecule has 3 heteroatoms. The number of hydrogen-bond acceptors (Lipinski definition) is 2. The van der Waals surface area contributed by atoms with Gasteiger partial charge in [-0.15, -0.1) is 0 Å². The lowest BCUT2D eigenvalue weighted by Crippen LogP contribution is -2.37. The molecular formula is C11H14FNO. The van der Waals surface area contributed by atoms with E-state index in [1.165, 1.54) is 12.1 Å². The molecule has 0 spiro atoms. The maximum absolute atomic E-state index is 12.7. The van der Waals surface area contributed by atoms with E-state index >= 15 is 0 Å². The average Bonchev–Trinajstić information content (AvgIpc) is 2.20. The predicted molar refractivity (Wildman–Crippen MR) is 52.4 cm³/mol. The number of benzene rings is 1. The molecule has 2 rings (SSSR count). The molecule has 0 bridgehead atoms. The molecule has 2 nitrogen and oxygen atoms in total. The van der Waals surface area contributed by atoms with Crippen molar-refractivity contribution in [3.05, 3.63) is 35.6 Å². The van der Waals surface area contributed by atoms with Crippen molar-refractivity contribution in [2.75, 3.05) is 6.54 Å². The van der Waals surface area contributed by atoms with E-state index in [2.05, 4.69) is 5.32 Å². The second kappa shape index (κ2) is 4.07. The molecule has 14 heavy (non-hydrogen) atoms. The second-order valence-electron chi connectivity index (χ2n) is 3.69. The van der Waals surface area contributed by atoms with Crippen LogP contribution in [0.4, 0.5) is 4.39 Å². The minimum atomic E-state index is -0.353. The first-order chi connectivity index (χ1) is 6.77. The van der Waals surface area contributed by atoms with Gasteiger partial charge in [-0.2, -0.15) is 0 Å². The van der Waals surface area contributed by atoms with Crippen molar-refractivity contribution in [2.24, 2.45) is 0 Å². The summed E-state index contributed by atoms with van der Waals surface area (Å²) in [6, 6.07) is 6.27. The number of hydrogen-bond donors (Lipinski definition) is 2. The lowest BCUT2D eigenvalue weighted by Gasteiger charge is -2.29. The summed E-state index contributed by atoms with van der Waals surface area (Å²) in [6.07, 6.45) is 1.46. The lowest BCUT2D eigenvalue weighted by molar-refractivity contribution is 0.0965. The molecule has 76 valence electrons. The van der Waals surface area contributed by atoms with Crippen molar-refractivity contribution in [3.63, 3.8) is 0 Å². The maximum Gasteiger partial charge on any atom is 0.123 e. The summed E-state index contributed by atoms with van der Waals surface area (Å²) < 4.78 is 12.7. The van der Waals surface area contributed by atoms with E-state index in [0.717, 1.165) is 24.9 Å². The quantitative estimate of drug-likeness (QED) is 0.713. The number of halogens is 1. The van der Waals surface area contributed by atoms with Crippen LogP contribution in [-0.2, 0) is 0 Å². The molecule has 0 amide bonds. The smallest absolute Gasteiger partial charge is 0.123 e. The minimum absolute atomic E-state index is 0.0376. The van der Waals surface area contributed by atoms with Gasteiger partial charge in [0.2, 0.25) is 0 Å². The van der Waals surface area contributed by atoms with Crippen LogP contribution in [0.25, 0.3) is 0 Å². The van der Waals surface area contributed by atoms with Crippen LogP contribution in [0.2, 0.25) is 0 Å². The lowest BCUT2D eigenvalue weighted by atomic mass is 9.95. The molecule has 1 aromatic rings. The number of aliphatic hydroxyl groups excluding tert-OH is 1. The summed E-state index contributed by atoms with van der Waals surface area (Å²) in [5, 5.41) is 13.0. The van der Waals surface area contributed by atoms with Crippen molar-refractivity contribution in [1.82, 2.24) is 5.32 Å². The molecule has 2 atom stereocenters. The summed E-state index contributed by atoms with van der Waals surface area (Å²) in [6.45, 7) is 0.916. The Morgan fingerprint density at radius 2 is 2.00 bits per heavy atom. The van der Waals surface area contributed by atoms with Crippen molar-refractivity contribution >= 4 is 0 Å². The van der Waals surface area contributed by atoms with Crippen molar-refractivity contribution in [1.29, 1.82) is 0 Å². The van der Waals surface area contributed by atoms with E-state index < -0.39 is 0 Å². The first-order valence-electron chi connectivity index (χ1n) is 4.94. The van der Waals surface area contributed by atoms with Gasteiger partial charge in [-0.1, -0.05) is 12.1 Å². The predicted octanol–water partition coefficient (Wildman–Crippen LogP) is 1.61. The third-order valence-electron chi connectivity index (χ3n) is 2.65. The zero-order valence-electron chi connectivity index (χ0n) is 7.91. The Hall–Kier alpha value is -0.930. The van der Waals surface area contributed by atoms with Gasteiger partial charge < -0.3 is 10.4 Å². The van der Waals surface area contributed by atoms with Crippen LogP contribution in [0.3, 0.4) is 0 Å². The molecule has 0 saturated carbocycles. The van der Waals surface area contributed by atoms with Crippen LogP contribution < -0.4 is 5.32 Å². The van der Waals surface area contributed by atoms with E-state index in [4.69, 9.17) is 0 Å².